The van der Waals surface area contributed by atoms with Crippen LogP contribution in [0.15, 0.2) is 53.0 Å². The number of piperidine rings is 1. The van der Waals surface area contributed by atoms with E-state index in [0.29, 0.717) is 6.54 Å². The van der Waals surface area contributed by atoms with Crippen LogP contribution in [0.5, 0.6) is 0 Å². The summed E-state index contributed by atoms with van der Waals surface area (Å²) in [5.74, 6) is 0.322. The van der Waals surface area contributed by atoms with Gasteiger partial charge in [0.2, 0.25) is 5.91 Å². The Kier molecular flexibility index (Phi) is 8.14. The summed E-state index contributed by atoms with van der Waals surface area (Å²) in [6, 6.07) is 17.1. The van der Waals surface area contributed by atoms with Gasteiger partial charge in [0.25, 0.3) is 0 Å². The van der Waals surface area contributed by atoms with E-state index in [1.807, 2.05) is 0 Å². The maximum absolute atomic E-state index is 12.7. The first-order valence-corrected chi connectivity index (χ1v) is 12.1. The van der Waals surface area contributed by atoms with Crippen molar-refractivity contribution in [2.24, 2.45) is 5.92 Å². The molecule has 2 fully saturated rings. The number of rotatable bonds is 7. The van der Waals surface area contributed by atoms with Crippen LogP contribution in [-0.4, -0.2) is 55.1 Å². The number of morpholine rings is 1. The molecule has 2 aromatic carbocycles. The number of carbonyl (C=O) groups is 1. The predicted octanol–water partition coefficient (Wildman–Crippen LogP) is 3.81. The quantitative estimate of drug-likeness (QED) is 0.647. The van der Waals surface area contributed by atoms with E-state index in [4.69, 9.17) is 4.74 Å². The smallest absolute Gasteiger partial charge is 0.223 e. The van der Waals surface area contributed by atoms with Gasteiger partial charge in [-0.25, -0.2) is 0 Å². The summed E-state index contributed by atoms with van der Waals surface area (Å²) in [5.41, 5.74) is 3.80. The second kappa shape index (κ2) is 11.2. The lowest BCUT2D eigenvalue weighted by atomic mass is 9.95. The van der Waals surface area contributed by atoms with Crippen molar-refractivity contribution in [1.29, 1.82) is 0 Å². The minimum Gasteiger partial charge on any atom is -0.379 e. The average Bonchev–Trinajstić information content (AvgIpc) is 2.81. The molecule has 2 aromatic rings. The molecule has 4 rings (SSSR count). The van der Waals surface area contributed by atoms with Crippen LogP contribution in [0.4, 0.5) is 0 Å². The Labute approximate surface area is 193 Å². The second-order valence-electron chi connectivity index (χ2n) is 8.60. The van der Waals surface area contributed by atoms with Gasteiger partial charge in [-0.15, -0.1) is 0 Å². The number of hydrogen-bond acceptors (Lipinski definition) is 4. The Hall–Kier alpha value is -1.73. The average molecular weight is 486 g/mol. The first-order valence-electron chi connectivity index (χ1n) is 11.3. The number of carbonyl (C=O) groups excluding carboxylic acids is 1. The van der Waals surface area contributed by atoms with Gasteiger partial charge in [-0.2, -0.15) is 0 Å². The van der Waals surface area contributed by atoms with Crippen molar-refractivity contribution in [1.82, 2.24) is 15.1 Å². The zero-order valence-corrected chi connectivity index (χ0v) is 19.6. The number of nitrogens with zero attached hydrogens (tertiary/aromatic N) is 2. The molecule has 6 heteroatoms. The first-order chi connectivity index (χ1) is 15.2. The molecule has 31 heavy (non-hydrogen) atoms. The number of hydrogen-bond donors (Lipinski definition) is 1. The van der Waals surface area contributed by atoms with Gasteiger partial charge in [0.15, 0.2) is 0 Å². The van der Waals surface area contributed by atoms with Crippen LogP contribution in [0.1, 0.15) is 29.5 Å². The summed E-state index contributed by atoms with van der Waals surface area (Å²) >= 11 is 3.49. The topological polar surface area (TPSA) is 44.8 Å². The van der Waals surface area contributed by atoms with E-state index in [-0.39, 0.29) is 11.8 Å². The maximum Gasteiger partial charge on any atom is 0.223 e. The van der Waals surface area contributed by atoms with Gasteiger partial charge in [0, 0.05) is 43.1 Å². The normalized spacial score (nSPS) is 18.7. The second-order valence-corrected chi connectivity index (χ2v) is 9.52. The molecule has 0 bridgehead atoms. The third-order valence-electron chi connectivity index (χ3n) is 6.28. The molecule has 0 atom stereocenters. The number of benzene rings is 2. The number of amides is 1. The summed E-state index contributed by atoms with van der Waals surface area (Å²) in [6.07, 6.45) is 1.86. The van der Waals surface area contributed by atoms with Crippen LogP contribution >= 0.6 is 15.9 Å². The molecule has 1 amide bonds. The highest BCUT2D eigenvalue weighted by Crippen LogP contribution is 2.20. The molecule has 0 unspecified atom stereocenters. The van der Waals surface area contributed by atoms with Crippen molar-refractivity contribution < 1.29 is 9.53 Å². The molecule has 5 nitrogen and oxygen atoms in total. The largest absolute Gasteiger partial charge is 0.379 e. The molecule has 0 aromatic heterocycles. The van der Waals surface area contributed by atoms with Gasteiger partial charge in [-0.1, -0.05) is 52.3 Å². The first kappa shape index (κ1) is 22.5. The van der Waals surface area contributed by atoms with Crippen molar-refractivity contribution in [2.45, 2.75) is 32.5 Å². The van der Waals surface area contributed by atoms with Crippen molar-refractivity contribution in [2.75, 3.05) is 39.4 Å². The molecule has 0 spiro atoms. The lowest BCUT2D eigenvalue weighted by molar-refractivity contribution is -0.126. The van der Waals surface area contributed by atoms with E-state index in [1.165, 1.54) is 11.1 Å². The van der Waals surface area contributed by atoms with E-state index < -0.39 is 0 Å². The molecule has 1 N–H and O–H groups in total. The maximum atomic E-state index is 12.7. The minimum absolute atomic E-state index is 0.127. The van der Waals surface area contributed by atoms with Crippen LogP contribution in [0.3, 0.4) is 0 Å². The summed E-state index contributed by atoms with van der Waals surface area (Å²) in [7, 11) is 0. The van der Waals surface area contributed by atoms with Crippen LogP contribution < -0.4 is 5.32 Å². The Bertz CT molecular complexity index is 827. The van der Waals surface area contributed by atoms with Gasteiger partial charge < -0.3 is 10.1 Å². The van der Waals surface area contributed by atoms with Gasteiger partial charge in [-0.3, -0.25) is 14.6 Å². The van der Waals surface area contributed by atoms with E-state index in [0.717, 1.165) is 75.4 Å². The van der Waals surface area contributed by atoms with Crippen molar-refractivity contribution in [3.05, 3.63) is 69.7 Å². The minimum atomic E-state index is 0.127. The summed E-state index contributed by atoms with van der Waals surface area (Å²) < 4.78 is 6.52. The number of nitrogens with one attached hydrogen (secondary N) is 1. The molecular formula is C25H32BrN3O2. The van der Waals surface area contributed by atoms with E-state index in [1.54, 1.807) is 0 Å². The van der Waals surface area contributed by atoms with Crippen LogP contribution in [0.2, 0.25) is 0 Å². The van der Waals surface area contributed by atoms with Gasteiger partial charge in [0.05, 0.1) is 13.2 Å². The Morgan fingerprint density at radius 2 is 1.35 bits per heavy atom. The zero-order valence-electron chi connectivity index (χ0n) is 18.1. The molecule has 2 aliphatic heterocycles. The summed E-state index contributed by atoms with van der Waals surface area (Å²) in [6.45, 7) is 8.14. The lowest BCUT2D eigenvalue weighted by Crippen LogP contribution is -2.40. The Morgan fingerprint density at radius 1 is 0.839 bits per heavy atom. The molecule has 0 radical (unpaired) electrons. The standard InChI is InChI=1S/C25H32BrN3O2/c26-24-7-5-22(6-8-24)18-28-11-9-23(10-12-28)25(30)27-17-20-1-3-21(4-2-20)19-29-13-15-31-16-14-29/h1-8,23H,9-19H2,(H,27,30). The SMILES string of the molecule is O=C(NCc1ccc(CN2CCOCC2)cc1)C1CCN(Cc2ccc(Br)cc2)CC1. The lowest BCUT2D eigenvalue weighted by Gasteiger charge is -2.31. The fourth-order valence-electron chi connectivity index (χ4n) is 4.31. The van der Waals surface area contributed by atoms with Gasteiger partial charge in [0.1, 0.15) is 0 Å². The monoisotopic (exact) mass is 485 g/mol. The van der Waals surface area contributed by atoms with Crippen molar-refractivity contribution in [3.8, 4) is 0 Å². The van der Waals surface area contributed by atoms with Crippen molar-refractivity contribution in [3.63, 3.8) is 0 Å². The third-order valence-corrected chi connectivity index (χ3v) is 6.81. The Morgan fingerprint density at radius 3 is 1.97 bits per heavy atom. The molecular weight excluding hydrogens is 454 g/mol. The molecule has 166 valence electrons. The van der Waals surface area contributed by atoms with Gasteiger partial charge >= 0.3 is 0 Å². The number of halogens is 1. The van der Waals surface area contributed by atoms with Crippen LogP contribution in [-0.2, 0) is 29.2 Å². The van der Waals surface area contributed by atoms with Gasteiger partial charge in [-0.05, 0) is 54.8 Å². The Balaban J connectivity index is 1.17. The number of ether oxygens (including phenoxy) is 1. The van der Waals surface area contributed by atoms with Crippen LogP contribution in [0, 0.1) is 5.92 Å². The third kappa shape index (κ3) is 6.88. The highest BCUT2D eigenvalue weighted by Gasteiger charge is 2.24. The molecule has 2 aliphatic rings. The van der Waals surface area contributed by atoms with E-state index in [9.17, 15) is 4.79 Å². The van der Waals surface area contributed by atoms with Crippen LogP contribution in [0.25, 0.3) is 0 Å². The van der Waals surface area contributed by atoms with E-state index in [2.05, 4.69) is 79.6 Å². The number of likely N-dealkylation sites (tertiary alicyclic amines) is 1. The summed E-state index contributed by atoms with van der Waals surface area (Å²) in [4.78, 5) is 17.5. The molecule has 2 saturated heterocycles. The fourth-order valence-corrected chi connectivity index (χ4v) is 4.58. The molecule has 0 aliphatic carbocycles. The highest BCUT2D eigenvalue weighted by atomic mass is 79.9. The zero-order chi connectivity index (χ0) is 21.5. The summed E-state index contributed by atoms with van der Waals surface area (Å²) in [5, 5.41) is 3.15. The van der Waals surface area contributed by atoms with E-state index >= 15 is 0 Å². The molecule has 2 heterocycles. The molecule has 0 saturated carbocycles. The highest BCUT2D eigenvalue weighted by molar-refractivity contribution is 9.10. The van der Waals surface area contributed by atoms with Crippen molar-refractivity contribution >= 4 is 21.8 Å². The predicted molar refractivity (Wildman–Crippen MR) is 127 cm³/mol. The fraction of sp³-hybridized carbons (Fsp3) is 0.480.